The van der Waals surface area contributed by atoms with Crippen molar-refractivity contribution in [3.8, 4) is 0 Å². The zero-order chi connectivity index (χ0) is 14.8. The Kier molecular flexibility index (Phi) is 4.78. The molecule has 0 radical (unpaired) electrons. The van der Waals surface area contributed by atoms with Crippen LogP contribution < -0.4 is 10.0 Å². The van der Waals surface area contributed by atoms with Gasteiger partial charge >= 0.3 is 0 Å². The lowest BCUT2D eigenvalue weighted by Gasteiger charge is -2.13. The van der Waals surface area contributed by atoms with Crippen molar-refractivity contribution in [3.63, 3.8) is 0 Å². The SMILES string of the molecule is CCC(C)NS(=O)(=O)c1ccc(CNC2CC2)cc1F. The Morgan fingerprint density at radius 1 is 1.40 bits per heavy atom. The van der Waals surface area contributed by atoms with Gasteiger partial charge in [0.05, 0.1) is 0 Å². The van der Waals surface area contributed by atoms with Crippen LogP contribution in [0, 0.1) is 5.82 Å². The van der Waals surface area contributed by atoms with Crippen molar-refractivity contribution in [3.05, 3.63) is 29.6 Å². The van der Waals surface area contributed by atoms with Crippen LogP contribution in [0.4, 0.5) is 4.39 Å². The lowest BCUT2D eigenvalue weighted by Crippen LogP contribution is -2.32. The van der Waals surface area contributed by atoms with Gasteiger partial charge in [0, 0.05) is 18.6 Å². The lowest BCUT2D eigenvalue weighted by atomic mass is 10.2. The van der Waals surface area contributed by atoms with E-state index in [1.807, 2.05) is 6.92 Å². The molecule has 6 heteroatoms. The molecule has 4 nitrogen and oxygen atoms in total. The highest BCUT2D eigenvalue weighted by Crippen LogP contribution is 2.21. The van der Waals surface area contributed by atoms with Gasteiger partial charge in [0.25, 0.3) is 0 Å². The lowest BCUT2D eigenvalue weighted by molar-refractivity contribution is 0.538. The third kappa shape index (κ3) is 4.01. The number of rotatable bonds is 7. The molecule has 1 unspecified atom stereocenters. The molecule has 20 heavy (non-hydrogen) atoms. The molecule has 1 aliphatic rings. The number of hydrogen-bond donors (Lipinski definition) is 2. The van der Waals surface area contributed by atoms with Gasteiger partial charge in [-0.2, -0.15) is 0 Å². The van der Waals surface area contributed by atoms with Gasteiger partial charge in [-0.3, -0.25) is 0 Å². The fraction of sp³-hybridized carbons (Fsp3) is 0.571. The van der Waals surface area contributed by atoms with Crippen LogP contribution in [-0.4, -0.2) is 20.5 Å². The second-order valence-electron chi connectivity index (χ2n) is 5.35. The quantitative estimate of drug-likeness (QED) is 0.811. The van der Waals surface area contributed by atoms with Gasteiger partial charge in [0.15, 0.2) is 0 Å². The van der Waals surface area contributed by atoms with Crippen LogP contribution >= 0.6 is 0 Å². The molecule has 1 atom stereocenters. The summed E-state index contributed by atoms with van der Waals surface area (Å²) in [4.78, 5) is -0.284. The Hall–Kier alpha value is -0.980. The first-order valence-corrected chi connectivity index (χ1v) is 8.45. The van der Waals surface area contributed by atoms with E-state index >= 15 is 0 Å². The van der Waals surface area contributed by atoms with Crippen LogP contribution in [0.25, 0.3) is 0 Å². The highest BCUT2D eigenvalue weighted by atomic mass is 32.2. The summed E-state index contributed by atoms with van der Waals surface area (Å²) in [5.41, 5.74) is 0.761. The fourth-order valence-corrected chi connectivity index (χ4v) is 3.22. The minimum absolute atomic E-state index is 0.212. The maximum atomic E-state index is 14.0. The maximum absolute atomic E-state index is 14.0. The predicted molar refractivity (Wildman–Crippen MR) is 76.3 cm³/mol. The molecule has 0 amide bonds. The molecule has 2 N–H and O–H groups in total. The normalized spacial score (nSPS) is 17.1. The van der Waals surface area contributed by atoms with Gasteiger partial charge < -0.3 is 5.32 Å². The van der Waals surface area contributed by atoms with Crippen molar-refractivity contribution in [2.24, 2.45) is 0 Å². The second kappa shape index (κ2) is 6.20. The average Bonchev–Trinajstić information content (AvgIpc) is 3.19. The summed E-state index contributed by atoms with van der Waals surface area (Å²) < 4.78 is 40.5. The first kappa shape index (κ1) is 15.4. The zero-order valence-corrected chi connectivity index (χ0v) is 12.6. The first-order chi connectivity index (χ1) is 9.42. The summed E-state index contributed by atoms with van der Waals surface area (Å²) in [6, 6.07) is 4.61. The van der Waals surface area contributed by atoms with E-state index in [9.17, 15) is 12.8 Å². The Morgan fingerprint density at radius 2 is 2.10 bits per heavy atom. The molecule has 112 valence electrons. The van der Waals surface area contributed by atoms with Crippen LogP contribution in [0.1, 0.15) is 38.7 Å². The number of sulfonamides is 1. The van der Waals surface area contributed by atoms with E-state index in [1.54, 1.807) is 13.0 Å². The molecular weight excluding hydrogens is 279 g/mol. The van der Waals surface area contributed by atoms with Crippen LogP contribution in [0.15, 0.2) is 23.1 Å². The van der Waals surface area contributed by atoms with E-state index in [-0.39, 0.29) is 10.9 Å². The van der Waals surface area contributed by atoms with E-state index in [0.29, 0.717) is 19.0 Å². The van der Waals surface area contributed by atoms with E-state index in [2.05, 4.69) is 10.0 Å². The molecule has 1 aromatic carbocycles. The molecular formula is C14H21FN2O2S. The summed E-state index contributed by atoms with van der Waals surface area (Å²) in [5.74, 6) is -0.698. The number of nitrogens with one attached hydrogen (secondary N) is 2. The van der Waals surface area contributed by atoms with E-state index in [1.165, 1.54) is 12.1 Å². The van der Waals surface area contributed by atoms with Crippen LogP contribution in [0.3, 0.4) is 0 Å². The molecule has 0 bridgehead atoms. The number of hydrogen-bond acceptors (Lipinski definition) is 3. The standard InChI is InChI=1S/C14H21FN2O2S/c1-3-10(2)17-20(18,19)14-7-4-11(8-13(14)15)9-16-12-5-6-12/h4,7-8,10,12,16-17H,3,5-6,9H2,1-2H3. The van der Waals surface area contributed by atoms with Crippen molar-refractivity contribution in [1.29, 1.82) is 0 Å². The molecule has 0 heterocycles. The minimum atomic E-state index is -3.78. The molecule has 0 aromatic heterocycles. The third-order valence-corrected chi connectivity index (χ3v) is 5.05. The highest BCUT2D eigenvalue weighted by Gasteiger charge is 2.22. The fourth-order valence-electron chi connectivity index (χ4n) is 1.83. The summed E-state index contributed by atoms with van der Waals surface area (Å²) in [7, 11) is -3.78. The van der Waals surface area contributed by atoms with E-state index in [0.717, 1.165) is 18.4 Å². The molecule has 1 aromatic rings. The Balaban J connectivity index is 2.11. The van der Waals surface area contributed by atoms with Crippen LogP contribution in [0.2, 0.25) is 0 Å². The monoisotopic (exact) mass is 300 g/mol. The maximum Gasteiger partial charge on any atom is 0.243 e. The van der Waals surface area contributed by atoms with E-state index < -0.39 is 15.8 Å². The van der Waals surface area contributed by atoms with Crippen molar-refractivity contribution in [2.75, 3.05) is 0 Å². The zero-order valence-electron chi connectivity index (χ0n) is 11.8. The first-order valence-electron chi connectivity index (χ1n) is 6.96. The van der Waals surface area contributed by atoms with Crippen molar-refractivity contribution in [1.82, 2.24) is 10.0 Å². The average molecular weight is 300 g/mol. The van der Waals surface area contributed by atoms with Gasteiger partial charge in [-0.15, -0.1) is 0 Å². The molecule has 1 aliphatic carbocycles. The summed E-state index contributed by atoms with van der Waals surface area (Å²) in [6.45, 7) is 4.19. The minimum Gasteiger partial charge on any atom is -0.310 e. The highest BCUT2D eigenvalue weighted by molar-refractivity contribution is 7.89. The topological polar surface area (TPSA) is 58.2 Å². The second-order valence-corrected chi connectivity index (χ2v) is 7.03. The van der Waals surface area contributed by atoms with Gasteiger partial charge in [0.2, 0.25) is 10.0 Å². The van der Waals surface area contributed by atoms with Crippen molar-refractivity contribution < 1.29 is 12.8 Å². The van der Waals surface area contributed by atoms with Crippen LogP contribution in [-0.2, 0) is 16.6 Å². The number of halogens is 1. The largest absolute Gasteiger partial charge is 0.310 e. The Bertz CT molecular complexity index is 571. The molecule has 0 saturated heterocycles. The molecule has 0 spiro atoms. The molecule has 1 saturated carbocycles. The smallest absolute Gasteiger partial charge is 0.243 e. The van der Waals surface area contributed by atoms with Gasteiger partial charge in [-0.05, 0) is 43.9 Å². The molecule has 2 rings (SSSR count). The summed E-state index contributed by atoms with van der Waals surface area (Å²) >= 11 is 0. The molecule has 1 fully saturated rings. The Labute approximate surface area is 119 Å². The van der Waals surface area contributed by atoms with Crippen LogP contribution in [0.5, 0.6) is 0 Å². The predicted octanol–water partition coefficient (Wildman–Crippen LogP) is 2.15. The third-order valence-electron chi connectivity index (χ3n) is 3.43. The molecule has 0 aliphatic heterocycles. The number of benzene rings is 1. The Morgan fingerprint density at radius 3 is 2.65 bits per heavy atom. The van der Waals surface area contributed by atoms with Crippen molar-refractivity contribution >= 4 is 10.0 Å². The van der Waals surface area contributed by atoms with E-state index in [4.69, 9.17) is 0 Å². The van der Waals surface area contributed by atoms with Gasteiger partial charge in [-0.25, -0.2) is 17.5 Å². The summed E-state index contributed by atoms with van der Waals surface area (Å²) in [5, 5.41) is 3.27. The van der Waals surface area contributed by atoms with Gasteiger partial charge in [-0.1, -0.05) is 13.0 Å². The summed E-state index contributed by atoms with van der Waals surface area (Å²) in [6.07, 6.45) is 2.98. The van der Waals surface area contributed by atoms with Gasteiger partial charge in [0.1, 0.15) is 10.7 Å². The van der Waals surface area contributed by atoms with Crippen molar-refractivity contribution in [2.45, 2.75) is 56.6 Å².